The molecule has 7 heteroatoms. The van der Waals surface area contributed by atoms with E-state index in [-0.39, 0.29) is 12.4 Å². The average Bonchev–Trinajstić information content (AvgIpc) is 2.20. The van der Waals surface area contributed by atoms with Gasteiger partial charge in [-0.15, -0.1) is 12.4 Å². The van der Waals surface area contributed by atoms with E-state index in [0.29, 0.717) is 6.07 Å². The summed E-state index contributed by atoms with van der Waals surface area (Å²) in [6.07, 6.45) is 0. The van der Waals surface area contributed by atoms with Gasteiger partial charge in [-0.1, -0.05) is 0 Å². The monoisotopic (exact) mass is 257 g/mol. The molecule has 0 fully saturated rings. The molecule has 0 aromatic heterocycles. The Morgan fingerprint density at radius 2 is 1.94 bits per heavy atom. The molecule has 0 unspecified atom stereocenters. The molecule has 0 aliphatic heterocycles. The molecule has 0 amide bonds. The zero-order valence-corrected chi connectivity index (χ0v) is 8.85. The molecule has 0 saturated heterocycles. The Kier molecular flexibility index (Phi) is 5.05. The first-order valence-corrected chi connectivity index (χ1v) is 4.11. The number of benzene rings is 1. The van der Waals surface area contributed by atoms with Gasteiger partial charge in [0.2, 0.25) is 0 Å². The molecular formula is C9H11ClF3NO2. The van der Waals surface area contributed by atoms with Crippen LogP contribution < -0.4 is 5.73 Å². The zero-order chi connectivity index (χ0) is 11.6. The Labute approximate surface area is 96.1 Å². The van der Waals surface area contributed by atoms with E-state index in [1.807, 2.05) is 0 Å². The van der Waals surface area contributed by atoms with Gasteiger partial charge in [0.25, 0.3) is 5.92 Å². The van der Waals surface area contributed by atoms with Crippen molar-refractivity contribution >= 4 is 12.4 Å². The summed E-state index contributed by atoms with van der Waals surface area (Å²) in [6, 6.07) is 0.614. The topological polar surface area (TPSA) is 66.5 Å². The number of hydrogen-bond acceptors (Lipinski definition) is 3. The quantitative estimate of drug-likeness (QED) is 0.770. The van der Waals surface area contributed by atoms with E-state index in [1.54, 1.807) is 0 Å². The fourth-order valence-electron chi connectivity index (χ4n) is 1.10. The van der Waals surface area contributed by atoms with Crippen molar-refractivity contribution < 1.29 is 23.4 Å². The third-order valence-electron chi connectivity index (χ3n) is 1.99. The highest BCUT2D eigenvalue weighted by atomic mass is 35.5. The second-order valence-corrected chi connectivity index (χ2v) is 3.10. The maximum Gasteiger partial charge on any atom is 0.289 e. The van der Waals surface area contributed by atoms with Crippen LogP contribution in [-0.4, -0.2) is 22.7 Å². The van der Waals surface area contributed by atoms with Crippen LogP contribution in [0.15, 0.2) is 18.2 Å². The molecule has 16 heavy (non-hydrogen) atoms. The molecule has 1 aromatic rings. The summed E-state index contributed by atoms with van der Waals surface area (Å²) in [4.78, 5) is 0. The first-order valence-electron chi connectivity index (χ1n) is 4.11. The van der Waals surface area contributed by atoms with Crippen LogP contribution >= 0.6 is 12.4 Å². The summed E-state index contributed by atoms with van der Waals surface area (Å²) in [6.45, 7) is -1.47. The lowest BCUT2D eigenvalue weighted by Crippen LogP contribution is -2.36. The van der Waals surface area contributed by atoms with Crippen LogP contribution in [0, 0.1) is 5.82 Å². The summed E-state index contributed by atoms with van der Waals surface area (Å²) in [5.41, 5.74) is 4.68. The van der Waals surface area contributed by atoms with Crippen LogP contribution in [0.4, 0.5) is 13.2 Å². The zero-order valence-electron chi connectivity index (χ0n) is 8.03. The molecule has 3 nitrogen and oxygen atoms in total. The third kappa shape index (κ3) is 3.01. The Morgan fingerprint density at radius 3 is 2.44 bits per heavy atom. The molecule has 0 bridgehead atoms. The maximum absolute atomic E-state index is 12.9. The second-order valence-electron chi connectivity index (χ2n) is 3.10. The predicted molar refractivity (Wildman–Crippen MR) is 54.3 cm³/mol. The van der Waals surface area contributed by atoms with E-state index in [1.165, 1.54) is 0 Å². The number of phenols is 1. The summed E-state index contributed by atoms with van der Waals surface area (Å²) in [5.74, 6) is -4.92. The van der Waals surface area contributed by atoms with Gasteiger partial charge in [-0.05, 0) is 18.2 Å². The van der Waals surface area contributed by atoms with Crippen molar-refractivity contribution in [1.29, 1.82) is 0 Å². The standard InChI is InChI=1S/C9H10F3NO2.ClH/c10-5-1-2-7(15)6(3-5)8(13)9(11,12)4-14;/h1-3,8,14-15H,4,13H2;1H/t8-;/m1./s1. The van der Waals surface area contributed by atoms with Gasteiger partial charge in [0, 0.05) is 5.56 Å². The van der Waals surface area contributed by atoms with E-state index in [9.17, 15) is 18.3 Å². The van der Waals surface area contributed by atoms with E-state index in [4.69, 9.17) is 10.8 Å². The van der Waals surface area contributed by atoms with Crippen molar-refractivity contribution in [2.75, 3.05) is 6.61 Å². The molecule has 1 atom stereocenters. The Hall–Kier alpha value is -0.980. The molecular weight excluding hydrogens is 247 g/mol. The number of aromatic hydroxyl groups is 1. The molecule has 0 heterocycles. The fraction of sp³-hybridized carbons (Fsp3) is 0.333. The molecule has 0 aliphatic carbocycles. The highest BCUT2D eigenvalue weighted by Gasteiger charge is 2.38. The molecule has 1 rings (SSSR count). The number of halogens is 4. The minimum atomic E-state index is -3.61. The van der Waals surface area contributed by atoms with Crippen molar-refractivity contribution in [3.63, 3.8) is 0 Å². The van der Waals surface area contributed by atoms with Crippen molar-refractivity contribution in [3.05, 3.63) is 29.6 Å². The van der Waals surface area contributed by atoms with Gasteiger partial charge in [-0.25, -0.2) is 13.2 Å². The van der Waals surface area contributed by atoms with Gasteiger partial charge in [0.15, 0.2) is 0 Å². The SMILES string of the molecule is Cl.N[C@H](c1cc(F)ccc1O)C(F)(F)CO. The first kappa shape index (κ1) is 15.0. The van der Waals surface area contributed by atoms with Crippen molar-refractivity contribution in [2.45, 2.75) is 12.0 Å². The van der Waals surface area contributed by atoms with Crippen LogP contribution in [0.2, 0.25) is 0 Å². The van der Waals surface area contributed by atoms with Gasteiger partial charge in [-0.3, -0.25) is 0 Å². The molecule has 1 aromatic carbocycles. The lowest BCUT2D eigenvalue weighted by molar-refractivity contribution is -0.0716. The largest absolute Gasteiger partial charge is 0.508 e. The van der Waals surface area contributed by atoms with Crippen LogP contribution in [0.3, 0.4) is 0 Å². The van der Waals surface area contributed by atoms with Gasteiger partial charge < -0.3 is 15.9 Å². The predicted octanol–water partition coefficient (Wildman–Crippen LogP) is 1.58. The fourth-order valence-corrected chi connectivity index (χ4v) is 1.10. The minimum absolute atomic E-state index is 0. The van der Waals surface area contributed by atoms with Gasteiger partial charge in [0.1, 0.15) is 24.2 Å². The highest BCUT2D eigenvalue weighted by molar-refractivity contribution is 5.85. The van der Waals surface area contributed by atoms with Crippen LogP contribution in [0.1, 0.15) is 11.6 Å². The third-order valence-corrected chi connectivity index (χ3v) is 1.99. The number of alkyl halides is 2. The van der Waals surface area contributed by atoms with E-state index >= 15 is 0 Å². The number of aliphatic hydroxyl groups excluding tert-OH is 1. The number of phenolic OH excluding ortho intramolecular Hbond substituents is 1. The lowest BCUT2D eigenvalue weighted by Gasteiger charge is -2.22. The van der Waals surface area contributed by atoms with Crippen molar-refractivity contribution in [1.82, 2.24) is 0 Å². The molecule has 0 spiro atoms. The second kappa shape index (κ2) is 5.38. The van der Waals surface area contributed by atoms with Gasteiger partial charge in [-0.2, -0.15) is 0 Å². The van der Waals surface area contributed by atoms with Crippen molar-refractivity contribution in [2.24, 2.45) is 5.73 Å². The molecule has 0 radical (unpaired) electrons. The van der Waals surface area contributed by atoms with Gasteiger partial charge >= 0.3 is 0 Å². The van der Waals surface area contributed by atoms with E-state index < -0.39 is 35.7 Å². The number of hydrogen-bond donors (Lipinski definition) is 3. The van der Waals surface area contributed by atoms with Crippen LogP contribution in [0.25, 0.3) is 0 Å². The molecule has 92 valence electrons. The smallest absolute Gasteiger partial charge is 0.289 e. The van der Waals surface area contributed by atoms with Crippen LogP contribution in [-0.2, 0) is 0 Å². The number of nitrogens with two attached hydrogens (primary N) is 1. The summed E-state index contributed by atoms with van der Waals surface area (Å²) in [5, 5.41) is 17.6. The van der Waals surface area contributed by atoms with Crippen LogP contribution in [0.5, 0.6) is 5.75 Å². The van der Waals surface area contributed by atoms with E-state index in [0.717, 1.165) is 12.1 Å². The summed E-state index contributed by atoms with van der Waals surface area (Å²) in [7, 11) is 0. The minimum Gasteiger partial charge on any atom is -0.508 e. The van der Waals surface area contributed by atoms with Crippen molar-refractivity contribution in [3.8, 4) is 5.75 Å². The van der Waals surface area contributed by atoms with E-state index in [2.05, 4.69) is 0 Å². The maximum atomic E-state index is 12.9. The highest BCUT2D eigenvalue weighted by Crippen LogP contribution is 2.33. The summed E-state index contributed by atoms with van der Waals surface area (Å²) >= 11 is 0. The average molecular weight is 258 g/mol. The number of rotatable bonds is 3. The lowest BCUT2D eigenvalue weighted by atomic mass is 10.0. The molecule has 0 saturated carbocycles. The number of aliphatic hydroxyl groups is 1. The Bertz CT molecular complexity index is 363. The Morgan fingerprint density at radius 1 is 1.38 bits per heavy atom. The summed E-state index contributed by atoms with van der Waals surface area (Å²) < 4.78 is 38.6. The normalized spacial score (nSPS) is 13.1. The van der Waals surface area contributed by atoms with Gasteiger partial charge in [0.05, 0.1) is 0 Å². The molecule has 0 aliphatic rings. The molecule has 4 N–H and O–H groups in total. The Balaban J connectivity index is 0.00000225. The first-order chi connectivity index (χ1) is 6.88.